The van der Waals surface area contributed by atoms with Crippen molar-refractivity contribution in [3.63, 3.8) is 0 Å². The minimum Gasteiger partial charge on any atom is -0.301 e. The molecule has 0 aromatic rings. The SMILES string of the molecule is C[C@H]1NC[C@H](C)N1.F. The van der Waals surface area contributed by atoms with E-state index in [1.54, 1.807) is 0 Å². The lowest BCUT2D eigenvalue weighted by atomic mass is 10.4. The molecule has 0 amide bonds. The quantitative estimate of drug-likeness (QED) is 0.472. The van der Waals surface area contributed by atoms with Crippen molar-refractivity contribution in [3.05, 3.63) is 0 Å². The van der Waals surface area contributed by atoms with E-state index in [-0.39, 0.29) is 4.70 Å². The Bertz CT molecular complexity index is 59.4. The smallest absolute Gasteiger partial charge is 0.0545 e. The van der Waals surface area contributed by atoms with E-state index in [4.69, 9.17) is 0 Å². The minimum absolute atomic E-state index is 0. The Kier molecular flexibility index (Phi) is 2.94. The Morgan fingerprint density at radius 3 is 2.12 bits per heavy atom. The summed E-state index contributed by atoms with van der Waals surface area (Å²) in [5.74, 6) is 0. The van der Waals surface area contributed by atoms with Crippen molar-refractivity contribution in [3.8, 4) is 0 Å². The third kappa shape index (κ3) is 1.76. The number of halogens is 1. The Balaban J connectivity index is 0.000000490. The second-order valence-corrected chi connectivity index (χ2v) is 2.20. The van der Waals surface area contributed by atoms with E-state index in [9.17, 15) is 0 Å². The summed E-state index contributed by atoms with van der Waals surface area (Å²) in [6.07, 6.45) is 0.523. The van der Waals surface area contributed by atoms with Gasteiger partial charge in [-0.1, -0.05) is 0 Å². The van der Waals surface area contributed by atoms with Crippen LogP contribution < -0.4 is 10.6 Å². The molecule has 1 heterocycles. The van der Waals surface area contributed by atoms with E-state index >= 15 is 0 Å². The average Bonchev–Trinajstić information content (AvgIpc) is 1.87. The van der Waals surface area contributed by atoms with E-state index in [1.165, 1.54) is 0 Å². The maximum atomic E-state index is 3.31. The molecule has 0 saturated carbocycles. The summed E-state index contributed by atoms with van der Waals surface area (Å²) in [7, 11) is 0. The van der Waals surface area contributed by atoms with Gasteiger partial charge in [-0.3, -0.25) is 10.0 Å². The third-order valence-electron chi connectivity index (χ3n) is 1.26. The van der Waals surface area contributed by atoms with Crippen molar-refractivity contribution in [2.75, 3.05) is 6.54 Å². The zero-order valence-electron chi connectivity index (χ0n) is 5.27. The summed E-state index contributed by atoms with van der Waals surface area (Å²) in [6, 6.07) is 0.662. The molecule has 1 rings (SSSR count). The minimum atomic E-state index is 0. The fraction of sp³-hybridized carbons (Fsp3) is 1.00. The molecule has 0 bridgehead atoms. The van der Waals surface area contributed by atoms with Crippen LogP contribution in [0.3, 0.4) is 0 Å². The van der Waals surface area contributed by atoms with Crippen molar-refractivity contribution in [1.82, 2.24) is 10.6 Å². The summed E-state index contributed by atoms with van der Waals surface area (Å²) in [6.45, 7) is 5.42. The summed E-state index contributed by atoms with van der Waals surface area (Å²) >= 11 is 0. The van der Waals surface area contributed by atoms with Gasteiger partial charge in [-0.25, -0.2) is 0 Å². The second-order valence-electron chi connectivity index (χ2n) is 2.20. The van der Waals surface area contributed by atoms with Crippen LogP contribution in [0.5, 0.6) is 0 Å². The van der Waals surface area contributed by atoms with Gasteiger partial charge < -0.3 is 5.32 Å². The summed E-state index contributed by atoms with van der Waals surface area (Å²) in [5, 5.41) is 6.56. The first-order valence-corrected chi connectivity index (χ1v) is 2.78. The standard InChI is InChI=1S/C5H12N2.FH/c1-4-3-6-5(2)7-4;/h4-7H,3H2,1-2H3;1H/t4-,5-;/m0./s1. The third-order valence-corrected chi connectivity index (χ3v) is 1.26. The highest BCUT2D eigenvalue weighted by molar-refractivity contribution is 4.75. The highest BCUT2D eigenvalue weighted by Crippen LogP contribution is 1.89. The molecule has 0 aliphatic carbocycles. The molecule has 3 heteroatoms. The molecule has 1 aliphatic rings. The Morgan fingerprint density at radius 1 is 1.38 bits per heavy atom. The largest absolute Gasteiger partial charge is 0.301 e. The maximum absolute atomic E-state index is 3.31. The van der Waals surface area contributed by atoms with Gasteiger partial charge in [-0.2, -0.15) is 0 Å². The van der Waals surface area contributed by atoms with Gasteiger partial charge in [0.05, 0.1) is 6.17 Å². The predicted octanol–water partition coefficient (Wildman–Crippen LogP) is 0.0662. The lowest BCUT2D eigenvalue weighted by Gasteiger charge is -2.00. The van der Waals surface area contributed by atoms with E-state index in [1.807, 2.05) is 0 Å². The van der Waals surface area contributed by atoms with Gasteiger partial charge in [0.15, 0.2) is 0 Å². The topological polar surface area (TPSA) is 24.1 Å². The van der Waals surface area contributed by atoms with Gasteiger partial charge in [0, 0.05) is 12.6 Å². The normalized spacial score (nSPS) is 36.8. The average molecular weight is 120 g/mol. The maximum Gasteiger partial charge on any atom is 0.0545 e. The molecule has 2 nitrogen and oxygen atoms in total. The first-order valence-electron chi connectivity index (χ1n) is 2.78. The molecule has 0 spiro atoms. The summed E-state index contributed by atoms with van der Waals surface area (Å²) in [4.78, 5) is 0. The fourth-order valence-corrected chi connectivity index (χ4v) is 0.898. The van der Waals surface area contributed by atoms with E-state index < -0.39 is 0 Å². The lowest BCUT2D eigenvalue weighted by Crippen LogP contribution is -2.28. The molecule has 50 valence electrons. The van der Waals surface area contributed by atoms with Crippen LogP contribution in [-0.4, -0.2) is 18.8 Å². The van der Waals surface area contributed by atoms with Crippen molar-refractivity contribution in [2.24, 2.45) is 0 Å². The molecular formula is C5H13FN2. The Hall–Kier alpha value is -0.150. The van der Waals surface area contributed by atoms with Crippen LogP contribution in [-0.2, 0) is 0 Å². The fourth-order valence-electron chi connectivity index (χ4n) is 0.898. The highest BCUT2D eigenvalue weighted by atomic mass is 19.0. The predicted molar refractivity (Wildman–Crippen MR) is 32.6 cm³/mol. The molecule has 8 heavy (non-hydrogen) atoms. The van der Waals surface area contributed by atoms with Crippen molar-refractivity contribution in [1.29, 1.82) is 0 Å². The highest BCUT2D eigenvalue weighted by Gasteiger charge is 2.12. The molecule has 2 atom stereocenters. The molecule has 1 fully saturated rings. The van der Waals surface area contributed by atoms with Crippen LogP contribution in [0.15, 0.2) is 0 Å². The van der Waals surface area contributed by atoms with E-state index in [0.29, 0.717) is 12.2 Å². The monoisotopic (exact) mass is 120 g/mol. The van der Waals surface area contributed by atoms with Gasteiger partial charge in [0.25, 0.3) is 0 Å². The van der Waals surface area contributed by atoms with Crippen LogP contribution in [0.4, 0.5) is 4.70 Å². The van der Waals surface area contributed by atoms with Crippen LogP contribution in [0.2, 0.25) is 0 Å². The first kappa shape index (κ1) is 7.85. The van der Waals surface area contributed by atoms with Gasteiger partial charge >= 0.3 is 0 Å². The lowest BCUT2D eigenvalue weighted by molar-refractivity contribution is 0.576. The molecule has 0 aromatic carbocycles. The number of hydrogen-bond acceptors (Lipinski definition) is 2. The molecule has 2 N–H and O–H groups in total. The van der Waals surface area contributed by atoms with Crippen molar-refractivity contribution >= 4 is 0 Å². The van der Waals surface area contributed by atoms with Gasteiger partial charge in [0.2, 0.25) is 0 Å². The van der Waals surface area contributed by atoms with Crippen LogP contribution in [0.25, 0.3) is 0 Å². The summed E-state index contributed by atoms with van der Waals surface area (Å²) < 4.78 is 0. The Labute approximate surface area is 49.0 Å². The van der Waals surface area contributed by atoms with Crippen molar-refractivity contribution in [2.45, 2.75) is 26.1 Å². The molecule has 0 radical (unpaired) electrons. The van der Waals surface area contributed by atoms with Crippen LogP contribution >= 0.6 is 0 Å². The van der Waals surface area contributed by atoms with Crippen LogP contribution in [0, 0.1) is 0 Å². The number of hydrogen-bond donors (Lipinski definition) is 2. The van der Waals surface area contributed by atoms with Gasteiger partial charge in [0.1, 0.15) is 0 Å². The van der Waals surface area contributed by atoms with Gasteiger partial charge in [-0.15, -0.1) is 0 Å². The molecule has 1 saturated heterocycles. The second kappa shape index (κ2) is 2.99. The zero-order valence-corrected chi connectivity index (χ0v) is 5.27. The molecule has 0 unspecified atom stereocenters. The molecule has 0 aromatic heterocycles. The first-order chi connectivity index (χ1) is 3.29. The number of nitrogens with one attached hydrogen (secondary N) is 2. The van der Waals surface area contributed by atoms with Crippen LogP contribution in [0.1, 0.15) is 13.8 Å². The molecule has 1 aliphatic heterocycles. The summed E-state index contributed by atoms with van der Waals surface area (Å²) in [5.41, 5.74) is 0. The van der Waals surface area contributed by atoms with E-state index in [2.05, 4.69) is 24.5 Å². The molecular weight excluding hydrogens is 107 g/mol. The Morgan fingerprint density at radius 2 is 2.00 bits per heavy atom. The number of rotatable bonds is 0. The van der Waals surface area contributed by atoms with Crippen molar-refractivity contribution < 1.29 is 4.70 Å². The van der Waals surface area contributed by atoms with E-state index in [0.717, 1.165) is 6.54 Å². The zero-order chi connectivity index (χ0) is 5.28. The van der Waals surface area contributed by atoms with Gasteiger partial charge in [-0.05, 0) is 13.8 Å².